The molecule has 192 valence electrons. The second-order valence-electron chi connectivity index (χ2n) is 9.51. The van der Waals surface area contributed by atoms with E-state index in [9.17, 15) is 29.8 Å². The van der Waals surface area contributed by atoms with Crippen LogP contribution in [0.25, 0.3) is 0 Å². The summed E-state index contributed by atoms with van der Waals surface area (Å²) >= 11 is 0. The number of hydrogen-bond donors (Lipinski definition) is 0. The molecule has 0 spiro atoms. The van der Waals surface area contributed by atoms with Crippen LogP contribution in [-0.4, -0.2) is 58.7 Å². The van der Waals surface area contributed by atoms with Crippen molar-refractivity contribution in [3.8, 4) is 0 Å². The molecule has 0 aromatic heterocycles. The van der Waals surface area contributed by atoms with Gasteiger partial charge < -0.3 is 18.9 Å². The van der Waals surface area contributed by atoms with Crippen molar-refractivity contribution in [1.82, 2.24) is 0 Å². The molecular formula is C22H34N2O10. The quantitative estimate of drug-likeness (QED) is 0.296. The molecule has 34 heavy (non-hydrogen) atoms. The van der Waals surface area contributed by atoms with Crippen LogP contribution in [0.4, 0.5) is 9.59 Å². The predicted molar refractivity (Wildman–Crippen MR) is 116 cm³/mol. The number of nitro groups is 2. The van der Waals surface area contributed by atoms with Crippen LogP contribution in [0.15, 0.2) is 0 Å². The van der Waals surface area contributed by atoms with Crippen LogP contribution in [0.1, 0.15) is 89.9 Å². The molecule has 0 aromatic rings. The first-order valence-electron chi connectivity index (χ1n) is 12.3. The lowest BCUT2D eigenvalue weighted by Gasteiger charge is -2.27. The zero-order valence-electron chi connectivity index (χ0n) is 19.3. The Labute approximate surface area is 197 Å². The van der Waals surface area contributed by atoms with Gasteiger partial charge in [0, 0.05) is 35.5 Å². The smallest absolute Gasteiger partial charge is 0.431 e. The van der Waals surface area contributed by atoms with Crippen molar-refractivity contribution in [2.75, 3.05) is 0 Å². The third kappa shape index (κ3) is 8.28. The van der Waals surface area contributed by atoms with E-state index in [1.807, 2.05) is 0 Å². The largest absolute Gasteiger partial charge is 0.508 e. The summed E-state index contributed by atoms with van der Waals surface area (Å²) in [6, 6.07) is -1.12. The lowest BCUT2D eigenvalue weighted by atomic mass is 9.93. The summed E-state index contributed by atoms with van der Waals surface area (Å²) in [4.78, 5) is 45.4. The molecule has 0 amide bonds. The molecule has 3 rings (SSSR count). The van der Waals surface area contributed by atoms with Gasteiger partial charge in [0.25, 0.3) is 0 Å². The van der Waals surface area contributed by atoms with Crippen molar-refractivity contribution in [1.29, 1.82) is 0 Å². The summed E-state index contributed by atoms with van der Waals surface area (Å²) in [6.45, 7) is 0. The molecule has 0 radical (unpaired) electrons. The van der Waals surface area contributed by atoms with Gasteiger partial charge in [0.15, 0.2) is 0 Å². The topological polar surface area (TPSA) is 157 Å². The number of ether oxygens (including phenoxy) is 4. The van der Waals surface area contributed by atoms with Crippen LogP contribution in [0.2, 0.25) is 0 Å². The van der Waals surface area contributed by atoms with E-state index >= 15 is 0 Å². The minimum atomic E-state index is -0.724. The van der Waals surface area contributed by atoms with Crippen LogP contribution in [-0.2, 0) is 18.9 Å². The highest BCUT2D eigenvalue weighted by Gasteiger charge is 2.33. The van der Waals surface area contributed by atoms with Crippen LogP contribution >= 0.6 is 0 Å². The maximum Gasteiger partial charge on any atom is 0.508 e. The summed E-state index contributed by atoms with van der Waals surface area (Å²) in [5, 5.41) is 21.7. The van der Waals surface area contributed by atoms with E-state index in [4.69, 9.17) is 18.9 Å². The molecule has 3 saturated carbocycles. The normalized spacial score (nSPS) is 32.4. The third-order valence-corrected chi connectivity index (χ3v) is 7.04. The molecule has 12 nitrogen and oxygen atoms in total. The van der Waals surface area contributed by atoms with Gasteiger partial charge in [-0.15, -0.1) is 0 Å². The Kier molecular flexibility index (Phi) is 9.70. The van der Waals surface area contributed by atoms with Gasteiger partial charge in [-0.2, -0.15) is 0 Å². The highest BCUT2D eigenvalue weighted by molar-refractivity contribution is 5.60. The SMILES string of the molecule is O=C(OC1CCCC(OC(=O)OC2CCC([N+](=O)[O-])CC2)CCC1)OC1CCC([N+](=O)[O-])CC1. The molecule has 12 heteroatoms. The maximum atomic E-state index is 12.1. The molecule has 0 aromatic carbocycles. The van der Waals surface area contributed by atoms with Crippen molar-refractivity contribution in [3.05, 3.63) is 20.2 Å². The minimum absolute atomic E-state index is 0.271. The van der Waals surface area contributed by atoms with Gasteiger partial charge in [-0.25, -0.2) is 9.59 Å². The van der Waals surface area contributed by atoms with E-state index in [2.05, 4.69) is 0 Å². The van der Waals surface area contributed by atoms with Crippen molar-refractivity contribution >= 4 is 12.3 Å². The zero-order chi connectivity index (χ0) is 24.5. The molecule has 0 bridgehead atoms. The monoisotopic (exact) mass is 486 g/mol. The van der Waals surface area contributed by atoms with Crippen LogP contribution in [0, 0.1) is 20.2 Å². The molecule has 3 aliphatic rings. The molecule has 0 saturated heterocycles. The van der Waals surface area contributed by atoms with Crippen molar-refractivity contribution in [3.63, 3.8) is 0 Å². The molecule has 0 unspecified atom stereocenters. The number of carbonyl (C=O) groups is 2. The number of nitrogens with zero attached hydrogens (tertiary/aromatic N) is 2. The Hall–Kier alpha value is -2.66. The first kappa shape index (κ1) is 26.0. The second-order valence-corrected chi connectivity index (χ2v) is 9.51. The van der Waals surface area contributed by atoms with Gasteiger partial charge in [0.2, 0.25) is 12.1 Å². The lowest BCUT2D eigenvalue weighted by Crippen LogP contribution is -2.33. The van der Waals surface area contributed by atoms with Gasteiger partial charge in [-0.05, 0) is 64.2 Å². The molecule has 3 fully saturated rings. The van der Waals surface area contributed by atoms with Crippen LogP contribution < -0.4 is 0 Å². The van der Waals surface area contributed by atoms with Gasteiger partial charge in [0.05, 0.1) is 0 Å². The van der Waals surface area contributed by atoms with Gasteiger partial charge in [-0.1, -0.05) is 0 Å². The predicted octanol–water partition coefficient (Wildman–Crippen LogP) is 4.56. The number of hydrogen-bond acceptors (Lipinski definition) is 10. The van der Waals surface area contributed by atoms with E-state index in [0.29, 0.717) is 89.9 Å². The van der Waals surface area contributed by atoms with E-state index in [0.717, 1.165) is 0 Å². The molecule has 0 atom stereocenters. The summed E-state index contributed by atoms with van der Waals surface area (Å²) in [6.07, 6.45) is 4.74. The number of rotatable bonds is 6. The Morgan fingerprint density at radius 2 is 0.765 bits per heavy atom. The summed E-state index contributed by atoms with van der Waals surface area (Å²) in [7, 11) is 0. The second kappa shape index (κ2) is 12.7. The Morgan fingerprint density at radius 3 is 1.03 bits per heavy atom. The fraction of sp³-hybridized carbons (Fsp3) is 0.909. The van der Waals surface area contributed by atoms with Crippen molar-refractivity contribution in [2.24, 2.45) is 0 Å². The standard InChI is InChI=1S/C22H34N2O10/c25-21(33-19-11-7-15(8-12-19)23(27)28)31-17-3-1-4-18(6-2-5-17)32-22(26)34-20-13-9-16(10-14-20)24(29)30/h15-20H,1-14H2. The minimum Gasteiger partial charge on any atom is -0.431 e. The molecule has 0 aliphatic heterocycles. The third-order valence-electron chi connectivity index (χ3n) is 7.04. The summed E-state index contributed by atoms with van der Waals surface area (Å²) in [5.74, 6) is 0. The summed E-state index contributed by atoms with van der Waals surface area (Å²) in [5.41, 5.74) is 0. The van der Waals surface area contributed by atoms with Crippen molar-refractivity contribution in [2.45, 2.75) is 126 Å². The van der Waals surface area contributed by atoms with Crippen molar-refractivity contribution < 1.29 is 38.4 Å². The molecule has 0 N–H and O–H groups in total. The fourth-order valence-electron chi connectivity index (χ4n) is 5.02. The van der Waals surface area contributed by atoms with Crippen LogP contribution in [0.5, 0.6) is 0 Å². The van der Waals surface area contributed by atoms with E-state index in [1.54, 1.807) is 0 Å². The average Bonchev–Trinajstić information content (AvgIpc) is 2.77. The number of carbonyl (C=O) groups excluding carboxylic acids is 2. The van der Waals surface area contributed by atoms with E-state index in [-0.39, 0.29) is 34.3 Å². The summed E-state index contributed by atoms with van der Waals surface area (Å²) < 4.78 is 21.6. The highest BCUT2D eigenvalue weighted by atomic mass is 16.7. The lowest BCUT2D eigenvalue weighted by molar-refractivity contribution is -0.527. The molecule has 0 heterocycles. The average molecular weight is 487 g/mol. The van der Waals surface area contributed by atoms with Gasteiger partial charge in [0.1, 0.15) is 24.4 Å². The Morgan fingerprint density at radius 1 is 0.500 bits per heavy atom. The molecular weight excluding hydrogens is 452 g/mol. The first-order valence-corrected chi connectivity index (χ1v) is 12.3. The maximum absolute atomic E-state index is 12.1. The van der Waals surface area contributed by atoms with Gasteiger partial charge >= 0.3 is 12.3 Å². The Balaban J connectivity index is 1.30. The Bertz CT molecular complexity index is 648. The fourth-order valence-corrected chi connectivity index (χ4v) is 5.02. The van der Waals surface area contributed by atoms with E-state index in [1.165, 1.54) is 0 Å². The zero-order valence-corrected chi connectivity index (χ0v) is 19.3. The highest BCUT2D eigenvalue weighted by Crippen LogP contribution is 2.27. The molecule has 3 aliphatic carbocycles. The van der Waals surface area contributed by atoms with Gasteiger partial charge in [-0.3, -0.25) is 20.2 Å². The van der Waals surface area contributed by atoms with Crippen LogP contribution in [0.3, 0.4) is 0 Å². The first-order chi connectivity index (χ1) is 16.3. The van der Waals surface area contributed by atoms with E-state index < -0.39 is 24.4 Å².